The quantitative estimate of drug-likeness (QED) is 0.611. The smallest absolute Gasteiger partial charge is 0.252 e. The van der Waals surface area contributed by atoms with E-state index in [1.165, 1.54) is 6.07 Å². The molecule has 0 aliphatic rings. The number of carbonyl (C=O) groups is 1. The third kappa shape index (κ3) is 1.36. The normalized spacial score (nSPS) is 10.4. The molecule has 4 N–H and O–H groups in total. The van der Waals surface area contributed by atoms with Crippen LogP contribution in [0.2, 0.25) is 0 Å². The second-order valence-electron chi connectivity index (χ2n) is 3.20. The Kier molecular flexibility index (Phi) is 1.97. The molecule has 0 unspecified atom stereocenters. The maximum Gasteiger partial charge on any atom is 0.252 e. The maximum atomic E-state index is 11.0. The first kappa shape index (κ1) is 9.33. The van der Waals surface area contributed by atoms with Gasteiger partial charge in [0.05, 0.1) is 5.56 Å². The second kappa shape index (κ2) is 3.16. The van der Waals surface area contributed by atoms with E-state index in [1.54, 1.807) is 24.3 Å². The molecule has 0 aliphatic carbocycles. The summed E-state index contributed by atoms with van der Waals surface area (Å²) in [4.78, 5) is 11.0. The molecule has 0 radical (unpaired) electrons. The lowest BCUT2D eigenvalue weighted by atomic mass is 10.0. The van der Waals surface area contributed by atoms with Crippen molar-refractivity contribution in [3.8, 4) is 11.5 Å². The van der Waals surface area contributed by atoms with Gasteiger partial charge in [-0.05, 0) is 6.07 Å². The number of benzene rings is 2. The number of nitrogens with two attached hydrogens (primary N) is 1. The molecule has 0 bridgehead atoms. The summed E-state index contributed by atoms with van der Waals surface area (Å²) < 4.78 is 0. The van der Waals surface area contributed by atoms with E-state index in [-0.39, 0.29) is 17.1 Å². The van der Waals surface area contributed by atoms with E-state index in [0.717, 1.165) is 0 Å². The number of amides is 1. The summed E-state index contributed by atoms with van der Waals surface area (Å²) in [7, 11) is 0. The fourth-order valence-electron chi connectivity index (χ4n) is 1.53. The van der Waals surface area contributed by atoms with Gasteiger partial charge in [-0.2, -0.15) is 0 Å². The monoisotopic (exact) mass is 203 g/mol. The zero-order valence-electron chi connectivity index (χ0n) is 7.77. The van der Waals surface area contributed by atoms with Crippen molar-refractivity contribution < 1.29 is 15.0 Å². The lowest BCUT2D eigenvalue weighted by molar-refractivity contribution is 0.0997. The van der Waals surface area contributed by atoms with Gasteiger partial charge in [0.2, 0.25) is 0 Å². The second-order valence-corrected chi connectivity index (χ2v) is 3.20. The molecule has 2 rings (SSSR count). The van der Waals surface area contributed by atoms with Gasteiger partial charge < -0.3 is 15.9 Å². The van der Waals surface area contributed by atoms with Crippen LogP contribution in [0.4, 0.5) is 0 Å². The van der Waals surface area contributed by atoms with Crippen LogP contribution in [0.3, 0.4) is 0 Å². The van der Waals surface area contributed by atoms with Crippen molar-refractivity contribution in [3.63, 3.8) is 0 Å². The molecule has 0 saturated carbocycles. The Labute approximate surface area is 85.6 Å². The highest BCUT2D eigenvalue weighted by Gasteiger charge is 2.13. The SMILES string of the molecule is NC(=O)c1cc(O)c2ccccc2c1O. The molecular formula is C11H9NO3. The molecule has 1 amide bonds. The molecule has 0 aromatic heterocycles. The fraction of sp³-hybridized carbons (Fsp3) is 0. The minimum atomic E-state index is -0.770. The summed E-state index contributed by atoms with van der Waals surface area (Å²) in [5, 5.41) is 20.2. The molecule has 0 aliphatic heterocycles. The van der Waals surface area contributed by atoms with Gasteiger partial charge in [-0.3, -0.25) is 4.79 Å². The number of carbonyl (C=O) groups excluding carboxylic acids is 1. The molecular weight excluding hydrogens is 194 g/mol. The molecule has 76 valence electrons. The topological polar surface area (TPSA) is 83.6 Å². The minimum Gasteiger partial charge on any atom is -0.507 e. The Morgan fingerprint density at radius 1 is 1.13 bits per heavy atom. The standard InChI is InChI=1S/C11H9NO3/c12-11(15)8-5-9(13)6-3-1-2-4-7(6)10(8)14/h1-5,13-14H,(H2,12,15). The van der Waals surface area contributed by atoms with Crippen molar-refractivity contribution >= 4 is 16.7 Å². The van der Waals surface area contributed by atoms with Crippen LogP contribution in [0, 0.1) is 0 Å². The summed E-state index contributed by atoms with van der Waals surface area (Å²) in [5.41, 5.74) is 4.99. The summed E-state index contributed by atoms with van der Waals surface area (Å²) in [5.74, 6) is -1.04. The van der Waals surface area contributed by atoms with Crippen molar-refractivity contribution in [1.29, 1.82) is 0 Å². The van der Waals surface area contributed by atoms with Gasteiger partial charge in [0.1, 0.15) is 11.5 Å². The predicted molar refractivity (Wildman–Crippen MR) is 55.8 cm³/mol. The lowest BCUT2D eigenvalue weighted by Gasteiger charge is -2.06. The molecule has 0 atom stereocenters. The molecule has 0 saturated heterocycles. The Morgan fingerprint density at radius 3 is 2.33 bits per heavy atom. The van der Waals surface area contributed by atoms with Gasteiger partial charge in [-0.1, -0.05) is 24.3 Å². The minimum absolute atomic E-state index is 0.0720. The van der Waals surface area contributed by atoms with E-state index >= 15 is 0 Å². The van der Waals surface area contributed by atoms with E-state index in [9.17, 15) is 15.0 Å². The Bertz CT molecular complexity index is 549. The van der Waals surface area contributed by atoms with Gasteiger partial charge in [0.25, 0.3) is 5.91 Å². The third-order valence-corrected chi connectivity index (χ3v) is 2.26. The highest BCUT2D eigenvalue weighted by Crippen LogP contribution is 2.34. The Hall–Kier alpha value is -2.23. The number of primary amides is 1. The zero-order valence-corrected chi connectivity index (χ0v) is 7.77. The largest absolute Gasteiger partial charge is 0.507 e. The van der Waals surface area contributed by atoms with Crippen LogP contribution < -0.4 is 5.73 Å². The van der Waals surface area contributed by atoms with Crippen molar-refractivity contribution in [3.05, 3.63) is 35.9 Å². The van der Waals surface area contributed by atoms with Gasteiger partial charge in [-0.25, -0.2) is 0 Å². The molecule has 4 heteroatoms. The van der Waals surface area contributed by atoms with E-state index in [0.29, 0.717) is 10.8 Å². The average Bonchev–Trinajstić information content (AvgIpc) is 2.23. The van der Waals surface area contributed by atoms with Crippen LogP contribution in [-0.4, -0.2) is 16.1 Å². The summed E-state index contributed by atoms with van der Waals surface area (Å²) in [6.45, 7) is 0. The van der Waals surface area contributed by atoms with Crippen LogP contribution in [0.5, 0.6) is 11.5 Å². The number of phenolic OH excluding ortho intramolecular Hbond substituents is 1. The number of rotatable bonds is 1. The molecule has 0 spiro atoms. The Morgan fingerprint density at radius 2 is 1.73 bits per heavy atom. The molecule has 4 nitrogen and oxygen atoms in total. The van der Waals surface area contributed by atoms with E-state index in [4.69, 9.17) is 5.73 Å². The molecule has 15 heavy (non-hydrogen) atoms. The Balaban J connectivity index is 2.90. The van der Waals surface area contributed by atoms with Crippen LogP contribution in [0.25, 0.3) is 10.8 Å². The first-order valence-corrected chi connectivity index (χ1v) is 4.34. The first-order valence-electron chi connectivity index (χ1n) is 4.34. The fourth-order valence-corrected chi connectivity index (χ4v) is 1.53. The van der Waals surface area contributed by atoms with Crippen molar-refractivity contribution in [2.45, 2.75) is 0 Å². The summed E-state index contributed by atoms with van der Waals surface area (Å²) >= 11 is 0. The number of hydrogen-bond donors (Lipinski definition) is 3. The van der Waals surface area contributed by atoms with E-state index < -0.39 is 5.91 Å². The predicted octanol–water partition coefficient (Wildman–Crippen LogP) is 1.35. The van der Waals surface area contributed by atoms with Crippen molar-refractivity contribution in [2.75, 3.05) is 0 Å². The number of hydrogen-bond acceptors (Lipinski definition) is 3. The summed E-state index contributed by atoms with van der Waals surface area (Å²) in [6, 6.07) is 7.85. The highest BCUT2D eigenvalue weighted by atomic mass is 16.3. The lowest BCUT2D eigenvalue weighted by Crippen LogP contribution is -2.11. The van der Waals surface area contributed by atoms with Gasteiger partial charge >= 0.3 is 0 Å². The molecule has 0 fully saturated rings. The third-order valence-electron chi connectivity index (χ3n) is 2.26. The number of fused-ring (bicyclic) bond motifs is 1. The van der Waals surface area contributed by atoms with Crippen LogP contribution >= 0.6 is 0 Å². The zero-order chi connectivity index (χ0) is 11.0. The van der Waals surface area contributed by atoms with Gasteiger partial charge in [0.15, 0.2) is 0 Å². The molecule has 0 heterocycles. The number of phenols is 2. The van der Waals surface area contributed by atoms with Crippen LogP contribution in [0.1, 0.15) is 10.4 Å². The number of aromatic hydroxyl groups is 2. The average molecular weight is 203 g/mol. The van der Waals surface area contributed by atoms with Gasteiger partial charge in [-0.15, -0.1) is 0 Å². The maximum absolute atomic E-state index is 11.0. The van der Waals surface area contributed by atoms with Gasteiger partial charge in [0, 0.05) is 10.8 Å². The summed E-state index contributed by atoms with van der Waals surface area (Å²) in [6.07, 6.45) is 0. The molecule has 2 aromatic carbocycles. The van der Waals surface area contributed by atoms with Crippen LogP contribution in [-0.2, 0) is 0 Å². The first-order chi connectivity index (χ1) is 7.11. The molecule has 2 aromatic rings. The van der Waals surface area contributed by atoms with E-state index in [1.807, 2.05) is 0 Å². The van der Waals surface area contributed by atoms with Crippen molar-refractivity contribution in [1.82, 2.24) is 0 Å². The van der Waals surface area contributed by atoms with Crippen molar-refractivity contribution in [2.24, 2.45) is 5.73 Å². The highest BCUT2D eigenvalue weighted by molar-refractivity contribution is 6.05. The van der Waals surface area contributed by atoms with Crippen LogP contribution in [0.15, 0.2) is 30.3 Å². The van der Waals surface area contributed by atoms with E-state index in [2.05, 4.69) is 0 Å².